The van der Waals surface area contributed by atoms with Crippen molar-refractivity contribution in [1.82, 2.24) is 24.9 Å². The van der Waals surface area contributed by atoms with E-state index in [1.54, 1.807) is 31.7 Å². The van der Waals surface area contributed by atoms with Gasteiger partial charge in [-0.3, -0.25) is 14.2 Å². The van der Waals surface area contributed by atoms with Gasteiger partial charge in [0.05, 0.1) is 6.20 Å². The van der Waals surface area contributed by atoms with Crippen LogP contribution in [0.15, 0.2) is 30.9 Å². The SMILES string of the molecule is Cn1cc(C(NC(=O)Cn2cccn2)C(=O)O)cn1. The summed E-state index contributed by atoms with van der Waals surface area (Å²) in [5.74, 6) is -1.57. The number of carbonyl (C=O) groups excluding carboxylic acids is 1. The molecule has 0 fully saturated rings. The van der Waals surface area contributed by atoms with Gasteiger partial charge in [0.1, 0.15) is 6.54 Å². The van der Waals surface area contributed by atoms with Gasteiger partial charge in [-0.25, -0.2) is 4.79 Å². The lowest BCUT2D eigenvalue weighted by atomic mass is 10.1. The van der Waals surface area contributed by atoms with Crippen LogP contribution in [0.5, 0.6) is 0 Å². The topological polar surface area (TPSA) is 102 Å². The number of hydrogen-bond donors (Lipinski definition) is 2. The van der Waals surface area contributed by atoms with Crippen LogP contribution in [-0.4, -0.2) is 36.5 Å². The first-order valence-electron chi connectivity index (χ1n) is 5.54. The van der Waals surface area contributed by atoms with E-state index in [1.807, 2.05) is 0 Å². The summed E-state index contributed by atoms with van der Waals surface area (Å²) in [5.41, 5.74) is 0.420. The molecule has 2 aromatic heterocycles. The van der Waals surface area contributed by atoms with Crippen molar-refractivity contribution in [2.24, 2.45) is 7.05 Å². The first kappa shape index (κ1) is 12.8. The minimum absolute atomic E-state index is 0.0307. The van der Waals surface area contributed by atoms with E-state index < -0.39 is 17.9 Å². The van der Waals surface area contributed by atoms with E-state index in [1.165, 1.54) is 15.6 Å². The average Bonchev–Trinajstić information content (AvgIpc) is 2.97. The second-order valence-corrected chi connectivity index (χ2v) is 3.99. The number of aromatic nitrogens is 4. The van der Waals surface area contributed by atoms with Crippen molar-refractivity contribution in [2.75, 3.05) is 0 Å². The Balaban J connectivity index is 2.05. The molecule has 8 heteroatoms. The summed E-state index contributed by atoms with van der Waals surface area (Å²) >= 11 is 0. The summed E-state index contributed by atoms with van der Waals surface area (Å²) in [4.78, 5) is 22.9. The van der Waals surface area contributed by atoms with Gasteiger partial charge < -0.3 is 10.4 Å². The van der Waals surface area contributed by atoms with Crippen molar-refractivity contribution in [1.29, 1.82) is 0 Å². The van der Waals surface area contributed by atoms with Gasteiger partial charge >= 0.3 is 5.97 Å². The predicted molar refractivity (Wildman–Crippen MR) is 64.0 cm³/mol. The van der Waals surface area contributed by atoms with Crippen LogP contribution in [0, 0.1) is 0 Å². The van der Waals surface area contributed by atoms with Crippen LogP contribution < -0.4 is 5.32 Å². The zero-order chi connectivity index (χ0) is 13.8. The summed E-state index contributed by atoms with van der Waals surface area (Å²) in [5, 5.41) is 19.3. The van der Waals surface area contributed by atoms with Crippen molar-refractivity contribution in [2.45, 2.75) is 12.6 Å². The molecule has 0 aliphatic rings. The Bertz CT molecular complexity index is 575. The monoisotopic (exact) mass is 263 g/mol. The van der Waals surface area contributed by atoms with Gasteiger partial charge in [-0.15, -0.1) is 0 Å². The number of carbonyl (C=O) groups is 2. The van der Waals surface area contributed by atoms with E-state index in [9.17, 15) is 9.59 Å². The van der Waals surface area contributed by atoms with Crippen LogP contribution in [0.1, 0.15) is 11.6 Å². The van der Waals surface area contributed by atoms with Gasteiger partial charge in [0.15, 0.2) is 6.04 Å². The first-order chi connectivity index (χ1) is 9.06. The van der Waals surface area contributed by atoms with Crippen molar-refractivity contribution in [3.8, 4) is 0 Å². The molecule has 1 unspecified atom stereocenters. The molecule has 0 saturated heterocycles. The Labute approximate surface area is 108 Å². The molecule has 0 bridgehead atoms. The number of aliphatic carboxylic acids is 1. The van der Waals surface area contributed by atoms with Crippen molar-refractivity contribution < 1.29 is 14.7 Å². The zero-order valence-corrected chi connectivity index (χ0v) is 10.2. The fourth-order valence-electron chi connectivity index (χ4n) is 1.62. The number of nitrogens with one attached hydrogen (secondary N) is 1. The predicted octanol–water partition coefficient (Wildman–Crippen LogP) is -0.441. The highest BCUT2D eigenvalue weighted by molar-refractivity contribution is 5.84. The van der Waals surface area contributed by atoms with Crippen molar-refractivity contribution >= 4 is 11.9 Å². The maximum Gasteiger partial charge on any atom is 0.331 e. The second kappa shape index (κ2) is 5.34. The minimum atomic E-state index is -1.14. The molecule has 8 nitrogen and oxygen atoms in total. The Morgan fingerprint density at radius 3 is 2.79 bits per heavy atom. The third-order valence-electron chi connectivity index (χ3n) is 2.48. The van der Waals surface area contributed by atoms with Gasteiger partial charge in [-0.05, 0) is 6.07 Å². The molecule has 2 rings (SSSR count). The molecule has 0 spiro atoms. The fraction of sp³-hybridized carbons (Fsp3) is 0.273. The van der Waals surface area contributed by atoms with E-state index in [-0.39, 0.29) is 6.54 Å². The standard InChI is InChI=1S/C11H13N5O3/c1-15-6-8(5-13-15)10(11(18)19)14-9(17)7-16-4-2-3-12-16/h2-6,10H,7H2,1H3,(H,14,17)(H,18,19). The smallest absolute Gasteiger partial charge is 0.331 e. The van der Waals surface area contributed by atoms with Crippen molar-refractivity contribution in [3.05, 3.63) is 36.4 Å². The summed E-state index contributed by atoms with van der Waals surface area (Å²) in [6, 6.07) is 0.569. The molecule has 0 saturated carbocycles. The molecule has 0 radical (unpaired) electrons. The Morgan fingerprint density at radius 2 is 2.26 bits per heavy atom. The van der Waals surface area contributed by atoms with Crippen LogP contribution in [0.4, 0.5) is 0 Å². The van der Waals surface area contributed by atoms with Crippen LogP contribution >= 0.6 is 0 Å². The summed E-state index contributed by atoms with van der Waals surface area (Å²) in [6.07, 6.45) is 6.13. The molecule has 2 heterocycles. The number of aryl methyl sites for hydroxylation is 1. The second-order valence-electron chi connectivity index (χ2n) is 3.99. The molecular weight excluding hydrogens is 250 g/mol. The zero-order valence-electron chi connectivity index (χ0n) is 10.2. The van der Waals surface area contributed by atoms with Gasteiger partial charge in [0.25, 0.3) is 0 Å². The number of hydrogen-bond acceptors (Lipinski definition) is 4. The average molecular weight is 263 g/mol. The first-order valence-corrected chi connectivity index (χ1v) is 5.54. The van der Waals surface area contributed by atoms with Crippen LogP contribution in [-0.2, 0) is 23.2 Å². The largest absolute Gasteiger partial charge is 0.479 e. The van der Waals surface area contributed by atoms with Crippen molar-refractivity contribution in [3.63, 3.8) is 0 Å². The molecule has 0 aliphatic heterocycles. The molecule has 1 amide bonds. The number of rotatable bonds is 5. The molecule has 100 valence electrons. The van der Waals surface area contributed by atoms with Gasteiger partial charge in [-0.2, -0.15) is 10.2 Å². The Hall–Kier alpha value is -2.64. The summed E-state index contributed by atoms with van der Waals surface area (Å²) in [7, 11) is 1.67. The maximum atomic E-state index is 11.7. The highest BCUT2D eigenvalue weighted by Crippen LogP contribution is 2.11. The number of carboxylic acid groups (broad SMARTS) is 1. The van der Waals surface area contributed by atoms with Crippen LogP contribution in [0.3, 0.4) is 0 Å². The van der Waals surface area contributed by atoms with Gasteiger partial charge in [0, 0.05) is 31.2 Å². The van der Waals surface area contributed by atoms with E-state index >= 15 is 0 Å². The quantitative estimate of drug-likeness (QED) is 0.761. The molecule has 0 aromatic carbocycles. The van der Waals surface area contributed by atoms with Crippen LogP contribution in [0.2, 0.25) is 0 Å². The highest BCUT2D eigenvalue weighted by atomic mass is 16.4. The van der Waals surface area contributed by atoms with Crippen LogP contribution in [0.25, 0.3) is 0 Å². The molecule has 1 atom stereocenters. The summed E-state index contributed by atoms with van der Waals surface area (Å²) < 4.78 is 2.89. The summed E-state index contributed by atoms with van der Waals surface area (Å²) in [6.45, 7) is -0.0307. The Kier molecular flexibility index (Phi) is 3.60. The van der Waals surface area contributed by atoms with Gasteiger partial charge in [-0.1, -0.05) is 0 Å². The maximum absolute atomic E-state index is 11.7. The number of carboxylic acids is 1. The lowest BCUT2D eigenvalue weighted by molar-refractivity contribution is -0.142. The fourth-order valence-corrected chi connectivity index (χ4v) is 1.62. The molecular formula is C11H13N5O3. The van der Waals surface area contributed by atoms with E-state index in [0.29, 0.717) is 5.56 Å². The minimum Gasteiger partial charge on any atom is -0.479 e. The normalized spacial score (nSPS) is 12.1. The lowest BCUT2D eigenvalue weighted by Gasteiger charge is -2.12. The van der Waals surface area contributed by atoms with E-state index in [0.717, 1.165) is 0 Å². The van der Waals surface area contributed by atoms with E-state index in [2.05, 4.69) is 15.5 Å². The lowest BCUT2D eigenvalue weighted by Crippen LogP contribution is -2.35. The highest BCUT2D eigenvalue weighted by Gasteiger charge is 2.23. The molecule has 19 heavy (non-hydrogen) atoms. The number of nitrogens with zero attached hydrogens (tertiary/aromatic N) is 4. The molecule has 2 N–H and O–H groups in total. The number of amides is 1. The van der Waals surface area contributed by atoms with Gasteiger partial charge in [0.2, 0.25) is 5.91 Å². The van der Waals surface area contributed by atoms with E-state index in [4.69, 9.17) is 5.11 Å². The third kappa shape index (κ3) is 3.18. The third-order valence-corrected chi connectivity index (χ3v) is 2.48. The molecule has 0 aliphatic carbocycles. The Morgan fingerprint density at radius 1 is 1.47 bits per heavy atom. The molecule has 2 aromatic rings.